The Labute approximate surface area is 339 Å². The van der Waals surface area contributed by atoms with Gasteiger partial charge in [-0.15, -0.1) is 0 Å². The number of pyridine rings is 1. The summed E-state index contributed by atoms with van der Waals surface area (Å²) < 4.78 is 58.8. The lowest BCUT2D eigenvalue weighted by molar-refractivity contribution is -0.384. The fourth-order valence-corrected chi connectivity index (χ4v) is 8.82. The van der Waals surface area contributed by atoms with E-state index in [2.05, 4.69) is 52.7 Å². The number of nitro groups is 1. The molecule has 17 heteroatoms. The summed E-state index contributed by atoms with van der Waals surface area (Å²) in [5.41, 5.74) is 5.18. The van der Waals surface area contributed by atoms with Gasteiger partial charge in [-0.1, -0.05) is 37.3 Å². The lowest BCUT2D eigenvalue weighted by Gasteiger charge is -2.34. The number of fused-ring (bicyclic) bond motifs is 2. The quantitative estimate of drug-likeness (QED) is 0.0746. The second-order valence-electron chi connectivity index (χ2n) is 14.9. The van der Waals surface area contributed by atoms with E-state index in [1.165, 1.54) is 29.9 Å². The number of piperidine rings is 1. The van der Waals surface area contributed by atoms with Crippen molar-refractivity contribution in [2.45, 2.75) is 45.2 Å². The van der Waals surface area contributed by atoms with Crippen LogP contribution in [-0.2, 0) is 29.7 Å². The normalized spacial score (nSPS) is 15.1. The second kappa shape index (κ2) is 16.2. The maximum atomic E-state index is 15.6. The number of benzene rings is 3. The van der Waals surface area contributed by atoms with Crippen LogP contribution in [0.25, 0.3) is 22.2 Å². The van der Waals surface area contributed by atoms with Crippen LogP contribution in [0.4, 0.5) is 26.1 Å². The zero-order chi connectivity index (χ0) is 41.4. The summed E-state index contributed by atoms with van der Waals surface area (Å²) in [6, 6.07) is 16.8. The summed E-state index contributed by atoms with van der Waals surface area (Å²) in [5.74, 6) is -2.50. The van der Waals surface area contributed by atoms with Crippen LogP contribution >= 0.6 is 0 Å². The number of rotatable bonds is 12. The minimum Gasteiger partial charge on any atom is -0.345 e. The predicted octanol–water partition coefficient (Wildman–Crippen LogP) is 6.99. The van der Waals surface area contributed by atoms with E-state index in [0.29, 0.717) is 40.6 Å². The molecule has 0 bridgehead atoms. The van der Waals surface area contributed by atoms with Crippen molar-refractivity contribution >= 4 is 44.3 Å². The van der Waals surface area contributed by atoms with Crippen LogP contribution in [0.15, 0.2) is 85.5 Å². The highest BCUT2D eigenvalue weighted by Crippen LogP contribution is 2.33. The van der Waals surface area contributed by atoms with Crippen LogP contribution in [0.5, 0.6) is 0 Å². The third-order valence-electron chi connectivity index (χ3n) is 11.4. The molecule has 8 rings (SSSR count). The highest BCUT2D eigenvalue weighted by molar-refractivity contribution is 7.90. The molecule has 2 aliphatic rings. The molecule has 304 valence electrons. The summed E-state index contributed by atoms with van der Waals surface area (Å²) in [7, 11) is -2.84. The van der Waals surface area contributed by atoms with Crippen LogP contribution in [0.2, 0.25) is 0 Å². The average molecular weight is 822 g/mol. The van der Waals surface area contributed by atoms with Crippen LogP contribution in [-0.4, -0.2) is 81.5 Å². The molecular weight excluding hydrogens is 781 g/mol. The Morgan fingerprint density at radius 1 is 1.00 bits per heavy atom. The third-order valence-corrected chi connectivity index (χ3v) is 12.9. The van der Waals surface area contributed by atoms with Crippen molar-refractivity contribution in [3.63, 3.8) is 0 Å². The predicted molar refractivity (Wildman–Crippen MR) is 219 cm³/mol. The van der Waals surface area contributed by atoms with Crippen molar-refractivity contribution < 1.29 is 26.9 Å². The zero-order valence-electron chi connectivity index (χ0n) is 32.4. The Morgan fingerprint density at radius 3 is 2.44 bits per heavy atom. The number of carbonyl (C=O) groups is 1. The second-order valence-corrected chi connectivity index (χ2v) is 16.6. The molecule has 0 atom stereocenters. The van der Waals surface area contributed by atoms with Gasteiger partial charge >= 0.3 is 10.2 Å². The van der Waals surface area contributed by atoms with E-state index < -0.39 is 38.9 Å². The first-order chi connectivity index (χ1) is 28.4. The lowest BCUT2D eigenvalue weighted by atomic mass is 9.88. The van der Waals surface area contributed by atoms with Crippen LogP contribution < -0.4 is 9.62 Å². The summed E-state index contributed by atoms with van der Waals surface area (Å²) in [5, 5.41) is 11.4. The molecule has 1 fully saturated rings. The molecule has 3 aromatic carbocycles. The number of likely N-dealkylation sites (tertiary alicyclic amines) is 1. The first kappa shape index (κ1) is 39.6. The van der Waals surface area contributed by atoms with E-state index in [-0.39, 0.29) is 22.7 Å². The molecule has 1 saturated heterocycles. The van der Waals surface area contributed by atoms with Crippen LogP contribution in [0, 0.1) is 21.7 Å². The number of aromatic nitrogens is 4. The van der Waals surface area contributed by atoms with E-state index >= 15 is 8.78 Å². The Kier molecular flexibility index (Phi) is 10.9. The van der Waals surface area contributed by atoms with E-state index in [4.69, 9.17) is 0 Å². The van der Waals surface area contributed by atoms with Gasteiger partial charge in [0.1, 0.15) is 11.5 Å². The molecule has 0 saturated carbocycles. The number of anilines is 2. The minimum absolute atomic E-state index is 0.0477. The van der Waals surface area contributed by atoms with Gasteiger partial charge in [-0.2, -0.15) is 12.7 Å². The van der Waals surface area contributed by atoms with Gasteiger partial charge in [-0.25, -0.2) is 23.7 Å². The maximum Gasteiger partial charge on any atom is 0.301 e. The van der Waals surface area contributed by atoms with E-state index in [1.807, 2.05) is 12.1 Å². The van der Waals surface area contributed by atoms with Gasteiger partial charge in [0, 0.05) is 92.2 Å². The van der Waals surface area contributed by atoms with Gasteiger partial charge in [-0.3, -0.25) is 24.5 Å². The summed E-state index contributed by atoms with van der Waals surface area (Å²) in [6.45, 7) is 5.86. The van der Waals surface area contributed by atoms with Crippen molar-refractivity contribution in [2.75, 3.05) is 42.8 Å². The van der Waals surface area contributed by atoms with Gasteiger partial charge in [-0.05, 0) is 78.7 Å². The fraction of sp³-hybridized carbons (Fsp3) is 0.286. The first-order valence-corrected chi connectivity index (χ1v) is 20.7. The average Bonchev–Trinajstić information content (AvgIpc) is 3.68. The number of non-ortho nitro benzene ring substituents is 1. The minimum atomic E-state index is -4.14. The molecule has 0 spiro atoms. The van der Waals surface area contributed by atoms with Gasteiger partial charge in [0.2, 0.25) is 11.7 Å². The number of aromatic amines is 1. The number of H-pyrrole nitrogens is 1. The van der Waals surface area contributed by atoms with Gasteiger partial charge < -0.3 is 9.88 Å². The SMILES string of the molecule is CCN(C)S(=O)(=O)Nc1ccc(F)c(C(=O)c2c[nH]c3ncc(-c4cnc(N5CCc6c(CN7CCC(c8ccc([N+](=O)[O-])cc8)CC7)cccc6C5)nc4)cc23)c1F. The van der Waals surface area contributed by atoms with Crippen LogP contribution in [0.1, 0.15) is 63.9 Å². The van der Waals surface area contributed by atoms with Crippen molar-refractivity contribution in [3.8, 4) is 11.1 Å². The molecule has 0 radical (unpaired) electrons. The molecule has 2 aliphatic heterocycles. The summed E-state index contributed by atoms with van der Waals surface area (Å²) in [6.07, 6.45) is 9.09. The zero-order valence-corrected chi connectivity index (χ0v) is 33.2. The topological polar surface area (TPSA) is 171 Å². The molecule has 3 aromatic heterocycles. The Hall–Kier alpha value is -6.17. The van der Waals surface area contributed by atoms with Gasteiger partial charge in [0.15, 0.2) is 5.82 Å². The number of halogens is 2. The van der Waals surface area contributed by atoms with Crippen LogP contribution in [0.3, 0.4) is 0 Å². The largest absolute Gasteiger partial charge is 0.345 e. The van der Waals surface area contributed by atoms with Crippen molar-refractivity contribution in [1.29, 1.82) is 0 Å². The smallest absolute Gasteiger partial charge is 0.301 e. The molecule has 0 aliphatic carbocycles. The number of nitro benzene ring substituents is 1. The number of nitrogens with zero attached hydrogens (tertiary/aromatic N) is 7. The number of hydrogen-bond donors (Lipinski definition) is 2. The third kappa shape index (κ3) is 8.00. The highest BCUT2D eigenvalue weighted by Gasteiger charge is 2.28. The first-order valence-electron chi connectivity index (χ1n) is 19.3. The standard InChI is InChI=1S/C42H41F2N9O5S/c1-3-50(2)59(57,58)49-37-12-11-36(43)38(39(37)44)40(54)35-23-46-41-34(35)19-30(20-45-41)31-21-47-42(48-22-31)52-18-15-33-28(5-4-6-29(33)25-52)24-51-16-13-27(14-17-51)26-7-9-32(10-8-26)53(55)56/h4-12,19-23,27,49H,3,13-18,24-25H2,1-2H3,(H,45,46). The maximum absolute atomic E-state index is 15.6. The molecule has 0 amide bonds. The number of carbonyl (C=O) groups excluding carboxylic acids is 1. The van der Waals surface area contributed by atoms with E-state index in [9.17, 15) is 23.3 Å². The molecule has 2 N–H and O–H groups in total. The molecule has 5 heterocycles. The fourth-order valence-electron chi connectivity index (χ4n) is 7.88. The highest BCUT2D eigenvalue weighted by atomic mass is 32.2. The van der Waals surface area contributed by atoms with Crippen molar-refractivity contribution in [2.24, 2.45) is 0 Å². The monoisotopic (exact) mass is 821 g/mol. The molecule has 0 unspecified atom stereocenters. The van der Waals surface area contributed by atoms with E-state index in [0.717, 1.165) is 67.4 Å². The Balaban J connectivity index is 0.940. The molecule has 6 aromatic rings. The van der Waals surface area contributed by atoms with Crippen molar-refractivity contribution in [3.05, 3.63) is 141 Å². The number of hydrogen-bond acceptors (Lipinski definition) is 10. The lowest BCUT2D eigenvalue weighted by Crippen LogP contribution is -2.35. The van der Waals surface area contributed by atoms with Gasteiger partial charge in [0.25, 0.3) is 5.69 Å². The molecule has 59 heavy (non-hydrogen) atoms. The number of nitrogens with one attached hydrogen (secondary N) is 2. The molecule has 14 nitrogen and oxygen atoms in total. The van der Waals surface area contributed by atoms with Gasteiger partial charge in [0.05, 0.1) is 16.2 Å². The Morgan fingerprint density at radius 2 is 1.73 bits per heavy atom. The Bertz CT molecular complexity index is 2670. The van der Waals surface area contributed by atoms with E-state index in [1.54, 1.807) is 43.7 Å². The van der Waals surface area contributed by atoms with Crippen molar-refractivity contribution in [1.82, 2.24) is 29.1 Å². The summed E-state index contributed by atoms with van der Waals surface area (Å²) in [4.78, 5) is 45.6. The summed E-state index contributed by atoms with van der Waals surface area (Å²) >= 11 is 0. The molecular formula is C42H41F2N9O5S. The number of ketones is 1.